The second-order valence-electron chi connectivity index (χ2n) is 6.98. The molecule has 0 aromatic heterocycles. The monoisotopic (exact) mass is 427 g/mol. The van der Waals surface area contributed by atoms with Gasteiger partial charge in [0.25, 0.3) is 5.91 Å². The number of carbonyl (C=O) groups excluding carboxylic acids is 1. The number of hydrogen-bond donors (Lipinski definition) is 1. The van der Waals surface area contributed by atoms with Gasteiger partial charge in [-0.1, -0.05) is 18.9 Å². The third-order valence-electron chi connectivity index (χ3n) is 4.79. The summed E-state index contributed by atoms with van der Waals surface area (Å²) in [5.41, 5.74) is 0.241. The van der Waals surface area contributed by atoms with Crippen molar-refractivity contribution < 1.29 is 18.8 Å². The van der Waals surface area contributed by atoms with Crippen molar-refractivity contribution in [2.24, 2.45) is 4.99 Å². The van der Waals surface area contributed by atoms with E-state index in [1.54, 1.807) is 12.1 Å². The van der Waals surface area contributed by atoms with E-state index >= 15 is 0 Å². The van der Waals surface area contributed by atoms with Crippen molar-refractivity contribution in [1.82, 2.24) is 5.32 Å². The number of nitro benzene ring substituents is 1. The lowest BCUT2D eigenvalue weighted by Crippen LogP contribution is -2.21. The predicted octanol–water partition coefficient (Wildman–Crippen LogP) is 5.03. The lowest BCUT2D eigenvalue weighted by molar-refractivity contribution is -0.385. The molecule has 2 aromatic carbocycles. The molecule has 7 nitrogen and oxygen atoms in total. The number of nitrogens with zero attached hydrogens (tertiary/aromatic N) is 2. The lowest BCUT2D eigenvalue weighted by atomic mass is 10.1. The number of rotatable bonds is 5. The van der Waals surface area contributed by atoms with Crippen molar-refractivity contribution in [2.45, 2.75) is 31.7 Å². The molecule has 1 aliphatic carbocycles. The molecule has 1 saturated heterocycles. The molecule has 1 aliphatic heterocycles. The maximum absolute atomic E-state index is 13.0. The standard InChI is InChI=1S/C21H18FN3O4S/c22-14-6-8-16(9-7-14)29-18-10-5-13(11-17(18)25(27)28)12-19-20(26)24-21(30-19)23-15-3-1-2-4-15/h5-12,15H,1-4H2,(H,23,24,26)/b19-12+. The quantitative estimate of drug-likeness (QED) is 0.410. The molecule has 30 heavy (non-hydrogen) atoms. The number of benzene rings is 2. The minimum atomic E-state index is -0.560. The first-order valence-electron chi connectivity index (χ1n) is 9.48. The van der Waals surface area contributed by atoms with E-state index in [0.717, 1.165) is 25.7 Å². The number of amidine groups is 1. The summed E-state index contributed by atoms with van der Waals surface area (Å²) in [5.74, 6) is -0.391. The van der Waals surface area contributed by atoms with Gasteiger partial charge in [-0.2, -0.15) is 0 Å². The summed E-state index contributed by atoms with van der Waals surface area (Å²) in [5, 5.41) is 14.8. The number of thioether (sulfide) groups is 1. The highest BCUT2D eigenvalue weighted by Gasteiger charge is 2.26. The predicted molar refractivity (Wildman–Crippen MR) is 113 cm³/mol. The summed E-state index contributed by atoms with van der Waals surface area (Å²) in [6, 6.07) is 9.86. The van der Waals surface area contributed by atoms with Gasteiger partial charge in [0.1, 0.15) is 11.6 Å². The number of nitro groups is 1. The van der Waals surface area contributed by atoms with E-state index < -0.39 is 10.7 Å². The van der Waals surface area contributed by atoms with E-state index in [1.807, 2.05) is 0 Å². The number of halogens is 1. The highest BCUT2D eigenvalue weighted by atomic mass is 32.2. The number of aliphatic imine (C=N–C) groups is 1. The van der Waals surface area contributed by atoms with Gasteiger partial charge in [0.15, 0.2) is 5.17 Å². The average molecular weight is 427 g/mol. The Balaban J connectivity index is 1.55. The minimum Gasteiger partial charge on any atom is -0.450 e. The van der Waals surface area contributed by atoms with E-state index in [0.29, 0.717) is 15.6 Å². The molecule has 2 aromatic rings. The van der Waals surface area contributed by atoms with Gasteiger partial charge < -0.3 is 10.1 Å². The van der Waals surface area contributed by atoms with E-state index in [1.165, 1.54) is 48.2 Å². The highest BCUT2D eigenvalue weighted by molar-refractivity contribution is 8.18. The Morgan fingerprint density at radius 1 is 1.20 bits per heavy atom. The molecule has 1 heterocycles. The molecular formula is C21H18FN3O4S. The highest BCUT2D eigenvalue weighted by Crippen LogP contribution is 2.34. The van der Waals surface area contributed by atoms with Crippen LogP contribution in [0, 0.1) is 15.9 Å². The first kappa shape index (κ1) is 20.1. The Morgan fingerprint density at radius 2 is 1.93 bits per heavy atom. The Kier molecular flexibility index (Phi) is 5.80. The van der Waals surface area contributed by atoms with Gasteiger partial charge in [-0.25, -0.2) is 4.39 Å². The van der Waals surface area contributed by atoms with Gasteiger partial charge in [0.05, 0.1) is 15.9 Å². The van der Waals surface area contributed by atoms with Gasteiger partial charge in [0.2, 0.25) is 5.75 Å². The first-order chi connectivity index (χ1) is 14.5. The Morgan fingerprint density at radius 3 is 2.63 bits per heavy atom. The Labute approximate surface area is 176 Å². The fourth-order valence-electron chi connectivity index (χ4n) is 3.32. The molecule has 1 saturated carbocycles. The maximum atomic E-state index is 13.0. The molecule has 0 atom stereocenters. The van der Waals surface area contributed by atoms with E-state index in [-0.39, 0.29) is 29.1 Å². The van der Waals surface area contributed by atoms with E-state index in [2.05, 4.69) is 10.3 Å². The number of hydrogen-bond acceptors (Lipinski definition) is 6. The summed E-state index contributed by atoms with van der Waals surface area (Å²) < 4.78 is 18.6. The maximum Gasteiger partial charge on any atom is 0.312 e. The normalized spacial score (nSPS) is 19.4. The van der Waals surface area contributed by atoms with Crippen LogP contribution in [0.5, 0.6) is 11.5 Å². The molecule has 1 amide bonds. The van der Waals surface area contributed by atoms with Crippen molar-refractivity contribution >= 4 is 34.6 Å². The van der Waals surface area contributed by atoms with Crippen LogP contribution in [0.1, 0.15) is 31.2 Å². The molecule has 0 bridgehead atoms. The summed E-state index contributed by atoms with van der Waals surface area (Å²) in [7, 11) is 0. The fourth-order valence-corrected chi connectivity index (χ4v) is 4.21. The number of amides is 1. The molecule has 1 N–H and O–H groups in total. The number of nitrogens with one attached hydrogen (secondary N) is 1. The second kappa shape index (κ2) is 8.66. The molecule has 0 unspecified atom stereocenters. The molecule has 0 radical (unpaired) electrons. The first-order valence-corrected chi connectivity index (χ1v) is 10.3. The van der Waals surface area contributed by atoms with Crippen molar-refractivity contribution in [2.75, 3.05) is 0 Å². The molecule has 9 heteroatoms. The van der Waals surface area contributed by atoms with Crippen LogP contribution in [-0.4, -0.2) is 22.0 Å². The summed E-state index contributed by atoms with van der Waals surface area (Å²) in [6.07, 6.45) is 5.95. The average Bonchev–Trinajstić information content (AvgIpc) is 3.34. The van der Waals surface area contributed by atoms with Crippen LogP contribution in [0.4, 0.5) is 10.1 Å². The van der Waals surface area contributed by atoms with Gasteiger partial charge >= 0.3 is 5.69 Å². The van der Waals surface area contributed by atoms with Gasteiger partial charge in [0, 0.05) is 6.07 Å². The fraction of sp³-hybridized carbons (Fsp3) is 0.238. The van der Waals surface area contributed by atoms with Gasteiger partial charge in [-0.05, 0) is 66.6 Å². The van der Waals surface area contributed by atoms with Crippen LogP contribution in [-0.2, 0) is 4.79 Å². The molecule has 154 valence electrons. The van der Waals surface area contributed by atoms with Gasteiger partial charge in [-0.3, -0.25) is 19.9 Å². The van der Waals surface area contributed by atoms with Crippen LogP contribution in [0.25, 0.3) is 6.08 Å². The SMILES string of the molecule is O=C1NC(=NC2CCCC2)S/C1=C/c1ccc(Oc2ccc(F)cc2)c([N+](=O)[O-])c1. The summed E-state index contributed by atoms with van der Waals surface area (Å²) in [4.78, 5) is 28.2. The summed E-state index contributed by atoms with van der Waals surface area (Å²) in [6.45, 7) is 0. The van der Waals surface area contributed by atoms with Crippen LogP contribution in [0.3, 0.4) is 0 Å². The van der Waals surface area contributed by atoms with Crippen molar-refractivity contribution in [3.8, 4) is 11.5 Å². The Hall–Kier alpha value is -3.20. The van der Waals surface area contributed by atoms with Crippen molar-refractivity contribution in [3.63, 3.8) is 0 Å². The van der Waals surface area contributed by atoms with Crippen LogP contribution >= 0.6 is 11.8 Å². The molecule has 0 spiro atoms. The van der Waals surface area contributed by atoms with Gasteiger partial charge in [-0.15, -0.1) is 0 Å². The lowest BCUT2D eigenvalue weighted by Gasteiger charge is -2.07. The van der Waals surface area contributed by atoms with Crippen LogP contribution < -0.4 is 10.1 Å². The van der Waals surface area contributed by atoms with Crippen LogP contribution in [0.2, 0.25) is 0 Å². The zero-order chi connectivity index (χ0) is 21.1. The zero-order valence-electron chi connectivity index (χ0n) is 15.8. The largest absolute Gasteiger partial charge is 0.450 e. The van der Waals surface area contributed by atoms with E-state index in [9.17, 15) is 19.3 Å². The molecule has 2 fully saturated rings. The third-order valence-corrected chi connectivity index (χ3v) is 5.72. The van der Waals surface area contributed by atoms with Crippen LogP contribution in [0.15, 0.2) is 52.4 Å². The zero-order valence-corrected chi connectivity index (χ0v) is 16.7. The second-order valence-corrected chi connectivity index (χ2v) is 8.01. The summed E-state index contributed by atoms with van der Waals surface area (Å²) >= 11 is 1.24. The minimum absolute atomic E-state index is 0.0285. The Bertz CT molecular complexity index is 1050. The third kappa shape index (κ3) is 4.68. The smallest absolute Gasteiger partial charge is 0.312 e. The number of ether oxygens (including phenoxy) is 1. The van der Waals surface area contributed by atoms with E-state index in [4.69, 9.17) is 4.74 Å². The molecule has 4 rings (SSSR count). The van der Waals surface area contributed by atoms with Crippen molar-refractivity contribution in [3.05, 3.63) is 68.9 Å². The van der Waals surface area contributed by atoms with Crippen molar-refractivity contribution in [1.29, 1.82) is 0 Å². The molecular weight excluding hydrogens is 409 g/mol. The topological polar surface area (TPSA) is 93.8 Å². The number of carbonyl (C=O) groups is 1. The molecule has 2 aliphatic rings.